The molecule has 3 aromatic rings. The van der Waals surface area contributed by atoms with Crippen LogP contribution >= 0.6 is 34.7 Å². The molecule has 0 spiro atoms. The zero-order valence-electron chi connectivity index (χ0n) is 11.1. The Bertz CT molecular complexity index is 769. The fourth-order valence-corrected chi connectivity index (χ4v) is 3.58. The number of hydrogen-bond acceptors (Lipinski definition) is 7. The van der Waals surface area contributed by atoms with Crippen molar-refractivity contribution in [3.05, 3.63) is 46.8 Å². The lowest BCUT2D eigenvalue weighted by atomic mass is 10.2. The molecule has 114 valence electrons. The molecule has 0 aliphatic heterocycles. The van der Waals surface area contributed by atoms with E-state index in [1.54, 1.807) is 16.8 Å². The molecule has 10 heteroatoms. The normalized spacial score (nSPS) is 11.0. The van der Waals surface area contributed by atoms with Crippen LogP contribution in [0.4, 0.5) is 9.52 Å². The molecule has 2 aromatic heterocycles. The summed E-state index contributed by atoms with van der Waals surface area (Å²) < 4.78 is 16.2. The zero-order chi connectivity index (χ0) is 15.5. The van der Waals surface area contributed by atoms with Crippen molar-refractivity contribution in [2.45, 2.75) is 16.6 Å². The number of aromatic nitrogens is 5. The molecule has 3 rings (SSSR count). The highest BCUT2D eigenvalue weighted by Crippen LogP contribution is 2.27. The van der Waals surface area contributed by atoms with Crippen LogP contribution in [0.25, 0.3) is 0 Å². The maximum Gasteiger partial charge on any atom is 0.203 e. The number of halogens is 2. The number of nitrogen functional groups attached to an aromatic ring is 1. The third-order valence-corrected chi connectivity index (χ3v) is 5.05. The summed E-state index contributed by atoms with van der Waals surface area (Å²) in [6, 6.07) is 4.59. The molecule has 0 aliphatic rings. The van der Waals surface area contributed by atoms with E-state index in [1.165, 1.54) is 35.5 Å². The van der Waals surface area contributed by atoms with Crippen molar-refractivity contribution in [3.63, 3.8) is 0 Å². The summed E-state index contributed by atoms with van der Waals surface area (Å²) in [5, 5.41) is 12.6. The molecule has 6 nitrogen and oxygen atoms in total. The van der Waals surface area contributed by atoms with Crippen LogP contribution in [0.5, 0.6) is 0 Å². The molecule has 22 heavy (non-hydrogen) atoms. The van der Waals surface area contributed by atoms with Crippen LogP contribution in [0.1, 0.15) is 11.4 Å². The smallest absolute Gasteiger partial charge is 0.203 e. The number of thioether (sulfide) groups is 1. The minimum atomic E-state index is -0.362. The van der Waals surface area contributed by atoms with E-state index < -0.39 is 0 Å². The van der Waals surface area contributed by atoms with Crippen LogP contribution in [-0.2, 0) is 12.3 Å². The maximum absolute atomic E-state index is 13.8. The Balaban J connectivity index is 1.75. The van der Waals surface area contributed by atoms with Gasteiger partial charge < -0.3 is 5.73 Å². The molecule has 0 fully saturated rings. The Morgan fingerprint density at radius 1 is 1.36 bits per heavy atom. The molecular weight excluding hydrogens is 347 g/mol. The monoisotopic (exact) mass is 356 g/mol. The maximum atomic E-state index is 13.8. The van der Waals surface area contributed by atoms with Gasteiger partial charge in [-0.05, 0) is 12.1 Å². The van der Waals surface area contributed by atoms with Crippen LogP contribution in [0, 0.1) is 5.82 Å². The third kappa shape index (κ3) is 3.37. The van der Waals surface area contributed by atoms with Gasteiger partial charge in [0, 0.05) is 10.6 Å². The summed E-state index contributed by atoms with van der Waals surface area (Å²) in [7, 11) is 0. The second-order valence-corrected chi connectivity index (χ2v) is 6.87. The number of anilines is 1. The Kier molecular flexibility index (Phi) is 4.55. The van der Waals surface area contributed by atoms with Gasteiger partial charge in [0.2, 0.25) is 5.13 Å². The first kappa shape index (κ1) is 15.2. The topological polar surface area (TPSA) is 82.5 Å². The lowest BCUT2D eigenvalue weighted by molar-refractivity contribution is 0.578. The van der Waals surface area contributed by atoms with Crippen LogP contribution < -0.4 is 5.73 Å². The molecule has 0 saturated heterocycles. The summed E-state index contributed by atoms with van der Waals surface area (Å²) in [4.78, 5) is 4.18. The van der Waals surface area contributed by atoms with Crippen molar-refractivity contribution in [1.29, 1.82) is 0 Å². The van der Waals surface area contributed by atoms with Gasteiger partial charge in [-0.3, -0.25) is 0 Å². The summed E-state index contributed by atoms with van der Waals surface area (Å²) in [6.45, 7) is 0.222. The van der Waals surface area contributed by atoms with Crippen molar-refractivity contribution in [3.8, 4) is 0 Å². The van der Waals surface area contributed by atoms with Gasteiger partial charge in [0.05, 0.1) is 12.3 Å². The van der Waals surface area contributed by atoms with Crippen molar-refractivity contribution in [1.82, 2.24) is 25.0 Å². The molecule has 0 unspecified atom stereocenters. The standard InChI is InChI=1S/C12H10ClFN6S2/c13-8-2-1-3-9(14)7(8)4-20-10(16-6-17-20)5-21-12-19-18-11(15)22-12/h1-3,6H,4-5H2,(H2,15,18). The number of hydrogen-bond donors (Lipinski definition) is 1. The Morgan fingerprint density at radius 3 is 2.95 bits per heavy atom. The Morgan fingerprint density at radius 2 is 2.23 bits per heavy atom. The van der Waals surface area contributed by atoms with Crippen molar-refractivity contribution in [2.24, 2.45) is 0 Å². The van der Waals surface area contributed by atoms with Crippen LogP contribution in [0.15, 0.2) is 28.9 Å². The quantitative estimate of drug-likeness (QED) is 0.708. The highest BCUT2D eigenvalue weighted by molar-refractivity contribution is 8.00. The second kappa shape index (κ2) is 6.59. The lowest BCUT2D eigenvalue weighted by Gasteiger charge is -2.08. The first-order chi connectivity index (χ1) is 10.6. The molecule has 0 atom stereocenters. The molecule has 1 aromatic carbocycles. The minimum absolute atomic E-state index is 0.222. The van der Waals surface area contributed by atoms with E-state index in [0.29, 0.717) is 27.3 Å². The van der Waals surface area contributed by atoms with Crippen LogP contribution in [0.3, 0.4) is 0 Å². The SMILES string of the molecule is Nc1nnc(SCc2ncnn2Cc2c(F)cccc2Cl)s1. The van der Waals surface area contributed by atoms with Crippen LogP contribution in [-0.4, -0.2) is 25.0 Å². The van der Waals surface area contributed by atoms with Gasteiger partial charge in [-0.2, -0.15) is 5.10 Å². The van der Waals surface area contributed by atoms with E-state index in [4.69, 9.17) is 17.3 Å². The average molecular weight is 357 g/mol. The summed E-state index contributed by atoms with van der Waals surface area (Å²) >= 11 is 8.79. The van der Waals surface area contributed by atoms with E-state index in [2.05, 4.69) is 20.3 Å². The zero-order valence-corrected chi connectivity index (χ0v) is 13.5. The number of nitrogens with zero attached hydrogens (tertiary/aromatic N) is 5. The summed E-state index contributed by atoms with van der Waals surface area (Å²) in [6.07, 6.45) is 1.43. The lowest BCUT2D eigenvalue weighted by Crippen LogP contribution is -2.08. The van der Waals surface area contributed by atoms with Gasteiger partial charge in [-0.25, -0.2) is 14.1 Å². The summed E-state index contributed by atoms with van der Waals surface area (Å²) in [5.41, 5.74) is 5.92. The molecule has 0 amide bonds. The molecule has 0 saturated carbocycles. The highest BCUT2D eigenvalue weighted by Gasteiger charge is 2.12. The molecule has 0 radical (unpaired) electrons. The number of rotatable bonds is 5. The molecule has 2 heterocycles. The van der Waals surface area contributed by atoms with Crippen molar-refractivity contribution < 1.29 is 4.39 Å². The van der Waals surface area contributed by atoms with Gasteiger partial charge in [0.25, 0.3) is 0 Å². The average Bonchev–Trinajstić information content (AvgIpc) is 3.09. The fraction of sp³-hybridized carbons (Fsp3) is 0.167. The van der Waals surface area contributed by atoms with Crippen LogP contribution in [0.2, 0.25) is 5.02 Å². The fourth-order valence-electron chi connectivity index (χ4n) is 1.77. The predicted molar refractivity (Wildman–Crippen MR) is 84.4 cm³/mol. The van der Waals surface area contributed by atoms with Gasteiger partial charge in [0.15, 0.2) is 4.34 Å². The summed E-state index contributed by atoms with van der Waals surface area (Å²) in [5.74, 6) is 0.859. The van der Waals surface area contributed by atoms with E-state index in [9.17, 15) is 4.39 Å². The van der Waals surface area contributed by atoms with Gasteiger partial charge in [-0.15, -0.1) is 10.2 Å². The molecule has 2 N–H and O–H groups in total. The van der Waals surface area contributed by atoms with E-state index in [0.717, 1.165) is 4.34 Å². The van der Waals surface area contributed by atoms with E-state index in [-0.39, 0.29) is 12.4 Å². The Labute approximate surface area is 138 Å². The van der Waals surface area contributed by atoms with Gasteiger partial charge in [-0.1, -0.05) is 40.8 Å². The van der Waals surface area contributed by atoms with E-state index in [1.807, 2.05) is 0 Å². The second-order valence-electron chi connectivity index (χ2n) is 4.23. The minimum Gasteiger partial charge on any atom is -0.374 e. The highest BCUT2D eigenvalue weighted by atomic mass is 35.5. The largest absolute Gasteiger partial charge is 0.374 e. The first-order valence-electron chi connectivity index (χ1n) is 6.15. The van der Waals surface area contributed by atoms with Gasteiger partial charge >= 0.3 is 0 Å². The molecule has 0 aliphatic carbocycles. The number of benzene rings is 1. The van der Waals surface area contributed by atoms with Crippen molar-refractivity contribution >= 4 is 39.8 Å². The van der Waals surface area contributed by atoms with Crippen molar-refractivity contribution in [2.75, 3.05) is 5.73 Å². The predicted octanol–water partition coefficient (Wildman–Crippen LogP) is 2.84. The third-order valence-electron chi connectivity index (χ3n) is 2.81. The molecular formula is C12H10ClFN6S2. The van der Waals surface area contributed by atoms with Gasteiger partial charge in [0.1, 0.15) is 18.0 Å². The first-order valence-corrected chi connectivity index (χ1v) is 8.33. The van der Waals surface area contributed by atoms with E-state index >= 15 is 0 Å². The Hall–Kier alpha value is -1.71. The molecule has 0 bridgehead atoms. The number of nitrogens with two attached hydrogens (primary N) is 1.